The number of hydrogen-bond donors (Lipinski definition) is 2. The van der Waals surface area contributed by atoms with Gasteiger partial charge >= 0.3 is 0 Å². The summed E-state index contributed by atoms with van der Waals surface area (Å²) >= 11 is 5.27. The monoisotopic (exact) mass is 285 g/mol. The Morgan fingerprint density at radius 3 is 2.60 bits per heavy atom. The van der Waals surface area contributed by atoms with Gasteiger partial charge in [0.25, 0.3) is 0 Å². The van der Waals surface area contributed by atoms with Gasteiger partial charge in [0, 0.05) is 12.7 Å². The van der Waals surface area contributed by atoms with Gasteiger partial charge in [0.05, 0.1) is 0 Å². The Morgan fingerprint density at radius 2 is 1.95 bits per heavy atom. The van der Waals surface area contributed by atoms with Gasteiger partial charge < -0.3 is 10.6 Å². The molecule has 0 aliphatic heterocycles. The van der Waals surface area contributed by atoms with Crippen molar-refractivity contribution in [2.75, 3.05) is 11.9 Å². The van der Waals surface area contributed by atoms with Gasteiger partial charge in [0.1, 0.15) is 5.82 Å². The second-order valence-corrected chi connectivity index (χ2v) is 5.28. The summed E-state index contributed by atoms with van der Waals surface area (Å²) in [5, 5.41) is 6.91. The fourth-order valence-corrected chi connectivity index (χ4v) is 2.04. The van der Waals surface area contributed by atoms with Crippen LogP contribution in [0.5, 0.6) is 0 Å². The van der Waals surface area contributed by atoms with Crippen molar-refractivity contribution in [1.82, 2.24) is 10.3 Å². The number of thiocarbonyl (C=S) groups is 1. The van der Waals surface area contributed by atoms with E-state index in [1.165, 1.54) is 5.56 Å². The molecule has 3 nitrogen and oxygen atoms in total. The Balaban J connectivity index is 1.82. The van der Waals surface area contributed by atoms with Gasteiger partial charge in [0.15, 0.2) is 5.11 Å². The first-order valence-corrected chi connectivity index (χ1v) is 7.08. The van der Waals surface area contributed by atoms with Crippen molar-refractivity contribution in [1.29, 1.82) is 0 Å². The molecular formula is C16H19N3S. The average Bonchev–Trinajstić information content (AvgIpc) is 2.48. The molecule has 0 saturated heterocycles. The lowest BCUT2D eigenvalue weighted by Crippen LogP contribution is -2.31. The molecule has 2 N–H and O–H groups in total. The molecule has 0 saturated carbocycles. The number of aromatic nitrogens is 1. The maximum absolute atomic E-state index is 5.27. The van der Waals surface area contributed by atoms with E-state index in [-0.39, 0.29) is 0 Å². The smallest absolute Gasteiger partial charge is 0.171 e. The Kier molecular flexibility index (Phi) is 5.07. The van der Waals surface area contributed by atoms with Crippen LogP contribution in [-0.4, -0.2) is 16.6 Å². The number of anilines is 1. The van der Waals surface area contributed by atoms with E-state index in [2.05, 4.69) is 46.8 Å². The number of hydrogen-bond acceptors (Lipinski definition) is 2. The Morgan fingerprint density at radius 1 is 1.20 bits per heavy atom. The fourth-order valence-electron chi connectivity index (χ4n) is 1.85. The summed E-state index contributed by atoms with van der Waals surface area (Å²) in [4.78, 5) is 4.26. The van der Waals surface area contributed by atoms with Crippen LogP contribution in [0.3, 0.4) is 0 Å². The molecule has 2 aromatic rings. The topological polar surface area (TPSA) is 37.0 Å². The van der Waals surface area contributed by atoms with Gasteiger partial charge in [-0.05, 0) is 42.3 Å². The molecule has 0 spiro atoms. The summed E-state index contributed by atoms with van der Waals surface area (Å²) in [7, 11) is 0. The normalized spacial score (nSPS) is 11.7. The van der Waals surface area contributed by atoms with Crippen LogP contribution in [0, 0.1) is 6.92 Å². The molecular weight excluding hydrogens is 266 g/mol. The summed E-state index contributed by atoms with van der Waals surface area (Å²) in [6.45, 7) is 4.98. The van der Waals surface area contributed by atoms with E-state index in [4.69, 9.17) is 12.2 Å². The van der Waals surface area contributed by atoms with E-state index in [1.54, 1.807) is 0 Å². The summed E-state index contributed by atoms with van der Waals surface area (Å²) in [6, 6.07) is 14.3. The van der Waals surface area contributed by atoms with Crippen LogP contribution in [0.15, 0.2) is 48.7 Å². The van der Waals surface area contributed by atoms with E-state index in [1.807, 2.05) is 31.3 Å². The molecule has 0 fully saturated rings. The number of nitrogens with one attached hydrogen (secondary N) is 2. The van der Waals surface area contributed by atoms with Crippen molar-refractivity contribution >= 4 is 23.1 Å². The third-order valence-corrected chi connectivity index (χ3v) is 3.34. The maximum atomic E-state index is 5.27. The van der Waals surface area contributed by atoms with Crippen LogP contribution >= 0.6 is 12.2 Å². The Labute approximate surface area is 125 Å². The standard InChI is InChI=1S/C16H19N3S/c1-12-8-9-15(17-10-12)19-16(20)18-11-13(2)14-6-4-3-5-7-14/h3-10,13H,11H2,1-2H3,(H2,17,18,19,20)/t13-/m0/s1. The molecule has 2 rings (SSSR count). The zero-order valence-corrected chi connectivity index (χ0v) is 12.6. The van der Waals surface area contributed by atoms with E-state index in [0.29, 0.717) is 11.0 Å². The minimum Gasteiger partial charge on any atom is -0.362 e. The molecule has 0 amide bonds. The predicted molar refractivity (Wildman–Crippen MR) is 88.1 cm³/mol. The number of aryl methyl sites for hydroxylation is 1. The summed E-state index contributed by atoms with van der Waals surface area (Å²) in [5.41, 5.74) is 2.43. The second-order valence-electron chi connectivity index (χ2n) is 4.87. The highest BCUT2D eigenvalue weighted by atomic mass is 32.1. The van der Waals surface area contributed by atoms with Crippen LogP contribution in [0.4, 0.5) is 5.82 Å². The zero-order valence-electron chi connectivity index (χ0n) is 11.8. The molecule has 4 heteroatoms. The molecule has 104 valence electrons. The number of rotatable bonds is 4. The molecule has 0 bridgehead atoms. The van der Waals surface area contributed by atoms with Gasteiger partial charge in [-0.2, -0.15) is 0 Å². The van der Waals surface area contributed by atoms with Crippen LogP contribution in [-0.2, 0) is 0 Å². The van der Waals surface area contributed by atoms with Gasteiger partial charge in [-0.15, -0.1) is 0 Å². The van der Waals surface area contributed by atoms with Crippen molar-refractivity contribution in [3.8, 4) is 0 Å². The van der Waals surface area contributed by atoms with E-state index in [9.17, 15) is 0 Å². The predicted octanol–water partition coefficient (Wildman–Crippen LogP) is 3.48. The first-order chi connectivity index (χ1) is 9.65. The van der Waals surface area contributed by atoms with Crippen molar-refractivity contribution < 1.29 is 0 Å². The van der Waals surface area contributed by atoms with E-state index in [0.717, 1.165) is 17.9 Å². The van der Waals surface area contributed by atoms with E-state index < -0.39 is 0 Å². The third kappa shape index (κ3) is 4.31. The second kappa shape index (κ2) is 7.01. The summed E-state index contributed by atoms with van der Waals surface area (Å²) < 4.78 is 0. The lowest BCUT2D eigenvalue weighted by atomic mass is 10.0. The van der Waals surface area contributed by atoms with E-state index >= 15 is 0 Å². The van der Waals surface area contributed by atoms with Crippen LogP contribution in [0.1, 0.15) is 24.0 Å². The quantitative estimate of drug-likeness (QED) is 0.843. The lowest BCUT2D eigenvalue weighted by Gasteiger charge is -2.15. The first kappa shape index (κ1) is 14.5. The number of nitrogens with zero attached hydrogens (tertiary/aromatic N) is 1. The third-order valence-electron chi connectivity index (χ3n) is 3.09. The van der Waals surface area contributed by atoms with Crippen molar-refractivity contribution in [2.45, 2.75) is 19.8 Å². The molecule has 20 heavy (non-hydrogen) atoms. The van der Waals surface area contributed by atoms with Crippen molar-refractivity contribution in [3.05, 3.63) is 59.8 Å². The van der Waals surface area contributed by atoms with Gasteiger partial charge in [-0.3, -0.25) is 0 Å². The van der Waals surface area contributed by atoms with Crippen molar-refractivity contribution in [2.24, 2.45) is 0 Å². The number of benzene rings is 1. The minimum absolute atomic E-state index is 0.405. The Hall–Kier alpha value is -1.94. The maximum Gasteiger partial charge on any atom is 0.171 e. The van der Waals surface area contributed by atoms with Crippen LogP contribution in [0.25, 0.3) is 0 Å². The van der Waals surface area contributed by atoms with Gasteiger partial charge in [-0.25, -0.2) is 4.98 Å². The largest absolute Gasteiger partial charge is 0.362 e. The molecule has 1 atom stereocenters. The minimum atomic E-state index is 0.405. The Bertz CT molecular complexity index is 552. The average molecular weight is 285 g/mol. The zero-order chi connectivity index (χ0) is 14.4. The fraction of sp³-hybridized carbons (Fsp3) is 0.250. The lowest BCUT2D eigenvalue weighted by molar-refractivity contribution is 0.723. The highest BCUT2D eigenvalue weighted by molar-refractivity contribution is 7.80. The van der Waals surface area contributed by atoms with Crippen molar-refractivity contribution in [3.63, 3.8) is 0 Å². The molecule has 1 aromatic heterocycles. The molecule has 0 aliphatic rings. The molecule has 0 radical (unpaired) electrons. The van der Waals surface area contributed by atoms with Gasteiger partial charge in [0.2, 0.25) is 0 Å². The molecule has 0 aliphatic carbocycles. The SMILES string of the molecule is Cc1ccc(NC(=S)NC[C@H](C)c2ccccc2)nc1. The molecule has 0 unspecified atom stereocenters. The van der Waals surface area contributed by atoms with Crippen LogP contribution in [0.2, 0.25) is 0 Å². The van der Waals surface area contributed by atoms with Crippen LogP contribution < -0.4 is 10.6 Å². The highest BCUT2D eigenvalue weighted by Gasteiger charge is 2.05. The molecule has 1 heterocycles. The molecule has 1 aromatic carbocycles. The number of pyridine rings is 1. The summed E-state index contributed by atoms with van der Waals surface area (Å²) in [5.74, 6) is 1.17. The summed E-state index contributed by atoms with van der Waals surface area (Å²) in [6.07, 6.45) is 1.82. The highest BCUT2D eigenvalue weighted by Crippen LogP contribution is 2.13. The van der Waals surface area contributed by atoms with Gasteiger partial charge in [-0.1, -0.05) is 43.3 Å². The first-order valence-electron chi connectivity index (χ1n) is 6.67.